The van der Waals surface area contributed by atoms with E-state index in [-0.39, 0.29) is 5.91 Å². The summed E-state index contributed by atoms with van der Waals surface area (Å²) < 4.78 is 5.44. The molecule has 26 heavy (non-hydrogen) atoms. The van der Waals surface area contributed by atoms with Crippen molar-refractivity contribution in [3.05, 3.63) is 63.8 Å². The lowest BCUT2D eigenvalue weighted by molar-refractivity contribution is -0.114. The van der Waals surface area contributed by atoms with E-state index in [1.807, 2.05) is 37.3 Å². The Labute approximate surface area is 167 Å². The number of thiocarbonyl (C=S) groups is 1. The molecule has 134 valence electrons. The Kier molecular flexibility index (Phi) is 5.51. The highest BCUT2D eigenvalue weighted by Crippen LogP contribution is 2.36. The normalized spacial score (nSPS) is 15.9. The van der Waals surface area contributed by atoms with Gasteiger partial charge in [0, 0.05) is 7.05 Å². The number of nitrogens with zero attached hydrogens (tertiary/aromatic N) is 2. The van der Waals surface area contributed by atoms with E-state index in [9.17, 15) is 4.79 Å². The van der Waals surface area contributed by atoms with Crippen LogP contribution in [0.15, 0.2) is 48.2 Å². The molecule has 0 aliphatic carbocycles. The van der Waals surface area contributed by atoms with Crippen LogP contribution in [0.3, 0.4) is 0 Å². The second-order valence-electron chi connectivity index (χ2n) is 5.59. The van der Waals surface area contributed by atoms with Gasteiger partial charge in [-0.3, -0.25) is 9.69 Å². The van der Waals surface area contributed by atoms with Crippen LogP contribution in [0.1, 0.15) is 12.5 Å². The van der Waals surface area contributed by atoms with Crippen LogP contribution >= 0.6 is 35.4 Å². The standard InChI is InChI=1S/C19H16Cl2N2O2S/c1-3-25-17-14(20)9-12(10-15(17)21)11-16-18(24)23(19(26)22(16)2)13-7-5-4-6-8-13/h4-11H,3H2,1-2H3/b16-11-. The van der Waals surface area contributed by atoms with Crippen LogP contribution in [-0.4, -0.2) is 29.6 Å². The summed E-state index contributed by atoms with van der Waals surface area (Å²) in [6.45, 7) is 2.31. The first-order valence-corrected chi connectivity index (χ1v) is 9.11. The minimum atomic E-state index is -0.204. The SMILES string of the molecule is CCOc1c(Cl)cc(/C=C2/C(=O)N(c3ccccc3)C(=S)N2C)cc1Cl. The van der Waals surface area contributed by atoms with Gasteiger partial charge in [-0.05, 0) is 55.0 Å². The number of anilines is 1. The first-order valence-electron chi connectivity index (χ1n) is 7.94. The van der Waals surface area contributed by atoms with Crippen molar-refractivity contribution in [1.82, 2.24) is 4.90 Å². The summed E-state index contributed by atoms with van der Waals surface area (Å²) in [5.74, 6) is 0.232. The quantitative estimate of drug-likeness (QED) is 0.528. The Hall–Kier alpha value is -2.08. The van der Waals surface area contributed by atoms with E-state index >= 15 is 0 Å². The van der Waals surface area contributed by atoms with Crippen LogP contribution < -0.4 is 9.64 Å². The molecule has 2 aromatic carbocycles. The van der Waals surface area contributed by atoms with Crippen LogP contribution in [0.5, 0.6) is 5.75 Å². The number of hydrogen-bond acceptors (Lipinski definition) is 3. The third kappa shape index (κ3) is 3.43. The average Bonchev–Trinajstić information content (AvgIpc) is 2.82. The van der Waals surface area contributed by atoms with E-state index in [0.717, 1.165) is 5.69 Å². The van der Waals surface area contributed by atoms with Gasteiger partial charge < -0.3 is 9.64 Å². The zero-order valence-electron chi connectivity index (χ0n) is 14.2. The Balaban J connectivity index is 1.99. The molecule has 0 atom stereocenters. The van der Waals surface area contributed by atoms with Crippen LogP contribution in [0.2, 0.25) is 10.0 Å². The summed E-state index contributed by atoms with van der Waals surface area (Å²) in [7, 11) is 1.76. The molecular weight excluding hydrogens is 391 g/mol. The highest BCUT2D eigenvalue weighted by atomic mass is 35.5. The van der Waals surface area contributed by atoms with Gasteiger partial charge in [-0.15, -0.1) is 0 Å². The van der Waals surface area contributed by atoms with Gasteiger partial charge >= 0.3 is 0 Å². The maximum Gasteiger partial charge on any atom is 0.281 e. The second-order valence-corrected chi connectivity index (χ2v) is 6.77. The first kappa shape index (κ1) is 18.7. The molecule has 1 aliphatic rings. The van der Waals surface area contributed by atoms with Gasteiger partial charge in [0.1, 0.15) is 5.70 Å². The number of carbonyl (C=O) groups is 1. The fourth-order valence-electron chi connectivity index (χ4n) is 2.66. The molecule has 2 aromatic rings. The number of likely N-dealkylation sites (N-methyl/N-ethyl adjacent to an activating group) is 1. The van der Waals surface area contributed by atoms with E-state index in [0.29, 0.717) is 38.8 Å². The van der Waals surface area contributed by atoms with Crippen molar-refractivity contribution in [3.8, 4) is 5.75 Å². The van der Waals surface area contributed by atoms with Gasteiger partial charge in [0.05, 0.1) is 22.3 Å². The van der Waals surface area contributed by atoms with E-state index in [1.165, 1.54) is 4.90 Å². The molecule has 1 heterocycles. The monoisotopic (exact) mass is 406 g/mol. The molecular formula is C19H16Cl2N2O2S. The van der Waals surface area contributed by atoms with Crippen LogP contribution in [-0.2, 0) is 4.79 Å². The largest absolute Gasteiger partial charge is 0.491 e. The lowest BCUT2D eigenvalue weighted by Crippen LogP contribution is -2.30. The predicted octanol–water partition coefficient (Wildman–Crippen LogP) is 5.00. The number of rotatable bonds is 4. The summed E-state index contributed by atoms with van der Waals surface area (Å²) >= 11 is 17.9. The number of para-hydroxylation sites is 1. The van der Waals surface area contributed by atoms with Crippen molar-refractivity contribution in [2.24, 2.45) is 0 Å². The van der Waals surface area contributed by atoms with Crippen molar-refractivity contribution in [1.29, 1.82) is 0 Å². The molecule has 0 aromatic heterocycles. The Morgan fingerprint density at radius 1 is 1.15 bits per heavy atom. The first-order chi connectivity index (χ1) is 12.4. The average molecular weight is 407 g/mol. The van der Waals surface area contributed by atoms with Gasteiger partial charge in [-0.1, -0.05) is 41.4 Å². The maximum atomic E-state index is 12.9. The van der Waals surface area contributed by atoms with Gasteiger partial charge in [0.2, 0.25) is 0 Å². The smallest absolute Gasteiger partial charge is 0.281 e. The number of amides is 1. The predicted molar refractivity (Wildman–Crippen MR) is 110 cm³/mol. The van der Waals surface area contributed by atoms with Gasteiger partial charge in [0.25, 0.3) is 5.91 Å². The third-order valence-corrected chi connectivity index (χ3v) is 4.91. The summed E-state index contributed by atoms with van der Waals surface area (Å²) in [4.78, 5) is 16.1. The number of carbonyl (C=O) groups excluding carboxylic acids is 1. The highest BCUT2D eigenvalue weighted by molar-refractivity contribution is 7.80. The molecule has 1 fully saturated rings. The van der Waals surface area contributed by atoms with Gasteiger partial charge in [-0.2, -0.15) is 0 Å². The summed E-state index contributed by atoms with van der Waals surface area (Å²) in [6.07, 6.45) is 1.71. The number of halogens is 2. The molecule has 0 N–H and O–H groups in total. The van der Waals surface area contributed by atoms with Crippen LogP contribution in [0.25, 0.3) is 6.08 Å². The number of benzene rings is 2. The zero-order chi connectivity index (χ0) is 18.8. The summed E-state index contributed by atoms with van der Waals surface area (Å²) in [6, 6.07) is 12.7. The van der Waals surface area contributed by atoms with E-state index in [2.05, 4.69) is 0 Å². The Bertz CT molecular complexity index is 877. The van der Waals surface area contributed by atoms with Gasteiger partial charge in [-0.25, -0.2) is 0 Å². The highest BCUT2D eigenvalue weighted by Gasteiger charge is 2.36. The number of hydrogen-bond donors (Lipinski definition) is 0. The lowest BCUT2D eigenvalue weighted by atomic mass is 10.1. The van der Waals surface area contributed by atoms with E-state index < -0.39 is 0 Å². The molecule has 3 rings (SSSR count). The molecule has 7 heteroatoms. The maximum absolute atomic E-state index is 12.9. The van der Waals surface area contributed by atoms with Crippen molar-refractivity contribution in [2.75, 3.05) is 18.6 Å². The van der Waals surface area contributed by atoms with Gasteiger partial charge in [0.15, 0.2) is 10.9 Å². The third-order valence-electron chi connectivity index (χ3n) is 3.89. The summed E-state index contributed by atoms with van der Waals surface area (Å²) in [5, 5.41) is 1.19. The van der Waals surface area contributed by atoms with Crippen LogP contribution in [0.4, 0.5) is 5.69 Å². The second kappa shape index (κ2) is 7.66. The van der Waals surface area contributed by atoms with Crippen molar-refractivity contribution < 1.29 is 9.53 Å². The molecule has 0 bridgehead atoms. The minimum absolute atomic E-state index is 0.204. The van der Waals surface area contributed by atoms with E-state index in [1.54, 1.807) is 30.2 Å². The zero-order valence-corrected chi connectivity index (χ0v) is 16.5. The van der Waals surface area contributed by atoms with Crippen LogP contribution in [0, 0.1) is 0 Å². The topological polar surface area (TPSA) is 32.8 Å². The molecule has 0 unspecified atom stereocenters. The van der Waals surface area contributed by atoms with E-state index in [4.69, 9.17) is 40.2 Å². The molecule has 0 radical (unpaired) electrons. The lowest BCUT2D eigenvalue weighted by Gasteiger charge is -2.16. The molecule has 4 nitrogen and oxygen atoms in total. The molecule has 0 spiro atoms. The fourth-order valence-corrected chi connectivity index (χ4v) is 3.56. The fraction of sp³-hybridized carbons (Fsp3) is 0.158. The molecule has 1 aliphatic heterocycles. The number of ether oxygens (including phenoxy) is 1. The minimum Gasteiger partial charge on any atom is -0.491 e. The Morgan fingerprint density at radius 3 is 2.35 bits per heavy atom. The summed E-state index contributed by atoms with van der Waals surface area (Å²) in [5.41, 5.74) is 1.85. The molecule has 1 amide bonds. The van der Waals surface area contributed by atoms with Crippen molar-refractivity contribution in [3.63, 3.8) is 0 Å². The van der Waals surface area contributed by atoms with Crippen molar-refractivity contribution >= 4 is 58.2 Å². The Morgan fingerprint density at radius 2 is 1.77 bits per heavy atom. The molecule has 1 saturated heterocycles. The molecule has 0 saturated carbocycles. The van der Waals surface area contributed by atoms with Crippen molar-refractivity contribution in [2.45, 2.75) is 6.92 Å².